The Morgan fingerprint density at radius 1 is 1.07 bits per heavy atom. The topological polar surface area (TPSA) is 101 Å². The second kappa shape index (κ2) is 8.38. The third kappa shape index (κ3) is 4.57. The van der Waals surface area contributed by atoms with Crippen LogP contribution in [0.5, 0.6) is 0 Å². The Hall–Kier alpha value is -2.30. The van der Waals surface area contributed by atoms with Gasteiger partial charge >= 0.3 is 0 Å². The predicted molar refractivity (Wildman–Crippen MR) is 106 cm³/mol. The first kappa shape index (κ1) is 20.4. The van der Waals surface area contributed by atoms with Gasteiger partial charge in [0.2, 0.25) is 15.9 Å². The minimum Gasteiger partial charge on any atom is -0.340 e. The third-order valence-electron chi connectivity index (χ3n) is 4.53. The van der Waals surface area contributed by atoms with Crippen molar-refractivity contribution in [3.05, 3.63) is 68.7 Å². The van der Waals surface area contributed by atoms with Gasteiger partial charge in [-0.1, -0.05) is 34.1 Å². The van der Waals surface area contributed by atoms with Crippen molar-refractivity contribution in [3.63, 3.8) is 0 Å². The lowest BCUT2D eigenvalue weighted by molar-refractivity contribution is -0.385. The Morgan fingerprint density at radius 2 is 1.71 bits per heavy atom. The molecule has 2 aromatic carbocycles. The van der Waals surface area contributed by atoms with Gasteiger partial charge in [-0.05, 0) is 23.8 Å². The average molecular weight is 468 g/mol. The molecule has 0 spiro atoms. The zero-order valence-corrected chi connectivity index (χ0v) is 17.2. The second-order valence-electron chi connectivity index (χ2n) is 6.34. The number of non-ortho nitro benzene ring substituents is 1. The maximum absolute atomic E-state index is 12.8. The highest BCUT2D eigenvalue weighted by Gasteiger charge is 2.30. The number of hydrogen-bond donors (Lipinski definition) is 0. The fourth-order valence-electron chi connectivity index (χ4n) is 2.97. The molecule has 28 heavy (non-hydrogen) atoms. The summed E-state index contributed by atoms with van der Waals surface area (Å²) in [4.78, 5) is 24.3. The zero-order chi connectivity index (χ0) is 20.3. The molecule has 0 aliphatic carbocycles. The molecule has 0 saturated carbocycles. The zero-order valence-electron chi connectivity index (χ0n) is 14.8. The number of carbonyl (C=O) groups excluding carboxylic acids is 1. The molecule has 1 aliphatic heterocycles. The molecule has 1 heterocycles. The van der Waals surface area contributed by atoms with E-state index in [1.165, 1.54) is 22.5 Å². The van der Waals surface area contributed by atoms with Crippen LogP contribution in [-0.2, 0) is 21.2 Å². The van der Waals surface area contributed by atoms with E-state index in [9.17, 15) is 23.3 Å². The molecule has 1 amide bonds. The van der Waals surface area contributed by atoms with E-state index in [0.29, 0.717) is 0 Å². The summed E-state index contributed by atoms with van der Waals surface area (Å²) in [7, 11) is -3.85. The van der Waals surface area contributed by atoms with Crippen LogP contribution in [0.1, 0.15) is 5.56 Å². The maximum atomic E-state index is 12.8. The van der Waals surface area contributed by atoms with Crippen molar-refractivity contribution < 1.29 is 18.1 Å². The summed E-state index contributed by atoms with van der Waals surface area (Å²) in [6.45, 7) is 0.862. The summed E-state index contributed by atoms with van der Waals surface area (Å²) in [5, 5.41) is 10.9. The number of piperazine rings is 1. The molecule has 0 atom stereocenters. The quantitative estimate of drug-likeness (QED) is 0.496. The van der Waals surface area contributed by atoms with Gasteiger partial charge in [-0.3, -0.25) is 14.9 Å². The minimum absolute atomic E-state index is 0.0604. The van der Waals surface area contributed by atoms with Crippen LogP contribution in [0.2, 0.25) is 0 Å². The van der Waals surface area contributed by atoms with Gasteiger partial charge in [-0.25, -0.2) is 8.42 Å². The molecule has 2 aromatic rings. The van der Waals surface area contributed by atoms with Gasteiger partial charge in [0, 0.05) is 42.8 Å². The number of rotatable bonds is 5. The largest absolute Gasteiger partial charge is 0.340 e. The van der Waals surface area contributed by atoms with Gasteiger partial charge in [0.1, 0.15) is 0 Å². The fraction of sp³-hybridized carbons (Fsp3) is 0.278. The molecule has 0 bridgehead atoms. The highest BCUT2D eigenvalue weighted by Crippen LogP contribution is 2.22. The van der Waals surface area contributed by atoms with E-state index in [1.54, 1.807) is 4.90 Å². The number of sulfonamides is 1. The van der Waals surface area contributed by atoms with Crippen LogP contribution < -0.4 is 0 Å². The minimum atomic E-state index is -3.85. The van der Waals surface area contributed by atoms with Gasteiger partial charge in [0.15, 0.2) is 0 Å². The van der Waals surface area contributed by atoms with E-state index in [2.05, 4.69) is 15.9 Å². The molecule has 1 fully saturated rings. The maximum Gasteiger partial charge on any atom is 0.270 e. The molecule has 0 radical (unpaired) electrons. The molecule has 3 rings (SSSR count). The molecule has 1 aliphatic rings. The normalized spacial score (nSPS) is 15.4. The lowest BCUT2D eigenvalue weighted by atomic mass is 10.1. The van der Waals surface area contributed by atoms with E-state index in [0.717, 1.165) is 16.1 Å². The van der Waals surface area contributed by atoms with Crippen molar-refractivity contribution in [3.8, 4) is 0 Å². The van der Waals surface area contributed by atoms with Crippen molar-refractivity contribution in [2.45, 2.75) is 11.3 Å². The molecule has 10 heteroatoms. The smallest absolute Gasteiger partial charge is 0.270 e. The molecule has 1 saturated heterocycles. The van der Waals surface area contributed by atoms with Gasteiger partial charge < -0.3 is 4.90 Å². The van der Waals surface area contributed by atoms with Crippen molar-refractivity contribution >= 4 is 37.5 Å². The summed E-state index contributed by atoms with van der Waals surface area (Å²) < 4.78 is 27.7. The van der Waals surface area contributed by atoms with Crippen molar-refractivity contribution in [1.82, 2.24) is 9.21 Å². The Labute approximate surface area is 171 Å². The van der Waals surface area contributed by atoms with Crippen molar-refractivity contribution in [2.75, 3.05) is 26.2 Å². The van der Waals surface area contributed by atoms with E-state index in [1.807, 2.05) is 24.3 Å². The molecular formula is C18H18BrN3O5S. The summed E-state index contributed by atoms with van der Waals surface area (Å²) in [5.41, 5.74) is 0.615. The van der Waals surface area contributed by atoms with E-state index in [-0.39, 0.29) is 49.1 Å². The van der Waals surface area contributed by atoms with Gasteiger partial charge in [0.25, 0.3) is 5.69 Å². The first-order valence-electron chi connectivity index (χ1n) is 8.54. The number of hydrogen-bond acceptors (Lipinski definition) is 5. The van der Waals surface area contributed by atoms with Gasteiger partial charge in [0.05, 0.1) is 16.2 Å². The fourth-order valence-corrected chi connectivity index (χ4v) is 4.70. The molecule has 0 unspecified atom stereocenters. The Morgan fingerprint density at radius 3 is 2.32 bits per heavy atom. The van der Waals surface area contributed by atoms with Crippen LogP contribution in [0, 0.1) is 10.1 Å². The Balaban J connectivity index is 1.64. The van der Waals surface area contributed by atoms with Crippen LogP contribution in [0.25, 0.3) is 0 Å². The number of halogens is 1. The summed E-state index contributed by atoms with van der Waals surface area (Å²) in [6, 6.07) is 12.5. The van der Waals surface area contributed by atoms with Crippen LogP contribution in [-0.4, -0.2) is 54.6 Å². The van der Waals surface area contributed by atoms with Crippen LogP contribution in [0.4, 0.5) is 5.69 Å². The van der Waals surface area contributed by atoms with E-state index >= 15 is 0 Å². The third-order valence-corrected chi connectivity index (χ3v) is 6.95. The number of benzene rings is 2. The summed E-state index contributed by atoms with van der Waals surface area (Å²) in [5.74, 6) is -0.0604. The molecule has 148 valence electrons. The first-order chi connectivity index (χ1) is 13.3. The number of carbonyl (C=O) groups is 1. The lowest BCUT2D eigenvalue weighted by Gasteiger charge is -2.34. The van der Waals surface area contributed by atoms with Crippen molar-refractivity contribution in [1.29, 1.82) is 0 Å². The molecule has 0 N–H and O–H groups in total. The van der Waals surface area contributed by atoms with Crippen LogP contribution in [0.15, 0.2) is 57.9 Å². The monoisotopic (exact) mass is 467 g/mol. The first-order valence-corrected chi connectivity index (χ1v) is 10.8. The summed E-state index contributed by atoms with van der Waals surface area (Å²) in [6.07, 6.45) is 0.255. The number of amides is 1. The lowest BCUT2D eigenvalue weighted by Crippen LogP contribution is -2.50. The Bertz CT molecular complexity index is 987. The van der Waals surface area contributed by atoms with Crippen LogP contribution >= 0.6 is 15.9 Å². The SMILES string of the molecule is O=C(Cc1ccc(Br)cc1)N1CCN(S(=O)(=O)c2cccc([N+](=O)[O-])c2)CC1. The van der Waals surface area contributed by atoms with E-state index in [4.69, 9.17) is 0 Å². The summed E-state index contributed by atoms with van der Waals surface area (Å²) >= 11 is 3.35. The highest BCUT2D eigenvalue weighted by atomic mass is 79.9. The highest BCUT2D eigenvalue weighted by molar-refractivity contribution is 9.10. The number of nitro groups is 1. The van der Waals surface area contributed by atoms with Gasteiger partial charge in [-0.15, -0.1) is 0 Å². The predicted octanol–water partition coefficient (Wildman–Crippen LogP) is 2.43. The van der Waals surface area contributed by atoms with Gasteiger partial charge in [-0.2, -0.15) is 4.31 Å². The number of nitrogens with zero attached hydrogens (tertiary/aromatic N) is 3. The molecular weight excluding hydrogens is 450 g/mol. The number of nitro benzene ring substituents is 1. The molecule has 0 aromatic heterocycles. The van der Waals surface area contributed by atoms with E-state index < -0.39 is 14.9 Å². The standard InChI is InChI=1S/C18H18BrN3O5S/c19-15-6-4-14(5-7-15)12-18(23)20-8-10-21(11-9-20)28(26,27)17-3-1-2-16(13-17)22(24)25/h1-7,13H,8-12H2. The van der Waals surface area contributed by atoms with Crippen LogP contribution in [0.3, 0.4) is 0 Å². The Kier molecular flexibility index (Phi) is 6.11. The molecule has 8 nitrogen and oxygen atoms in total. The average Bonchev–Trinajstić information content (AvgIpc) is 2.70. The van der Waals surface area contributed by atoms with Crippen molar-refractivity contribution in [2.24, 2.45) is 0 Å². The second-order valence-corrected chi connectivity index (χ2v) is 9.20.